The monoisotopic (exact) mass is 701 g/mol. The third kappa shape index (κ3) is 5.75. The second kappa shape index (κ2) is 12.1. The molecule has 2 heterocycles. The maximum atomic E-state index is 5.98. The Morgan fingerprint density at radius 3 is 2.30 bits per heavy atom. The average Bonchev–Trinajstić information content (AvgIpc) is 3.45. The van der Waals surface area contributed by atoms with Crippen LogP contribution >= 0.6 is 0 Å². The van der Waals surface area contributed by atoms with E-state index >= 15 is 0 Å². The zero-order valence-corrected chi connectivity index (χ0v) is 24.3. The molecule has 0 radical (unpaired) electrons. The summed E-state index contributed by atoms with van der Waals surface area (Å²) in [7, 11) is 0. The van der Waals surface area contributed by atoms with E-state index < -0.39 is 0 Å². The molecular weight excluding hydrogens is 675 g/mol. The van der Waals surface area contributed by atoms with E-state index in [0.29, 0.717) is 17.4 Å². The van der Waals surface area contributed by atoms with Crippen LogP contribution in [-0.4, -0.2) is 14.5 Å². The Balaban J connectivity index is 0.00000323. The van der Waals surface area contributed by atoms with E-state index in [1.54, 1.807) is 0 Å². The van der Waals surface area contributed by atoms with Gasteiger partial charge in [-0.1, -0.05) is 42.5 Å². The first-order valence-corrected chi connectivity index (χ1v) is 12.8. The molecule has 0 amide bonds. The molecule has 5 nitrogen and oxygen atoms in total. The van der Waals surface area contributed by atoms with Crippen molar-refractivity contribution in [3.05, 3.63) is 145 Å². The fourth-order valence-electron chi connectivity index (χ4n) is 4.64. The second-order valence-corrected chi connectivity index (χ2v) is 9.19. The van der Waals surface area contributed by atoms with Gasteiger partial charge in [0.05, 0.1) is 12.0 Å². The summed E-state index contributed by atoms with van der Waals surface area (Å²) in [6.07, 6.45) is 3.92. The molecule has 198 valence electrons. The number of aryl methyl sites for hydroxylation is 2. The topological polar surface area (TPSA) is 43.2 Å². The summed E-state index contributed by atoms with van der Waals surface area (Å²) in [5.41, 5.74) is 7.09. The molecule has 6 aromatic rings. The third-order valence-electron chi connectivity index (χ3n) is 6.42. The van der Waals surface area contributed by atoms with E-state index in [1.807, 2.05) is 85.2 Å². The van der Waals surface area contributed by atoms with Crippen LogP contribution in [0.1, 0.15) is 11.1 Å². The van der Waals surface area contributed by atoms with Crippen LogP contribution in [0.25, 0.3) is 16.9 Å². The maximum absolute atomic E-state index is 5.98. The quantitative estimate of drug-likeness (QED) is 0.157. The number of ether oxygens (including phenoxy) is 1. The normalized spacial score (nSPS) is 10.6. The van der Waals surface area contributed by atoms with Crippen LogP contribution in [0.3, 0.4) is 0 Å². The SMILES string of the molecule is Cc1cccc(C)c1-n1cnc(-c2[c-]c(N(c3ccccc3)c3cccc(Oc4[c-]cccc4)n3)ccc2)c1.[Pt+2]. The van der Waals surface area contributed by atoms with Gasteiger partial charge in [0, 0.05) is 23.2 Å². The summed E-state index contributed by atoms with van der Waals surface area (Å²) in [5, 5.41) is 0. The van der Waals surface area contributed by atoms with Crippen molar-refractivity contribution in [2.75, 3.05) is 4.90 Å². The Morgan fingerprint density at radius 2 is 1.52 bits per heavy atom. The molecule has 0 spiro atoms. The molecule has 6 rings (SSSR count). The van der Waals surface area contributed by atoms with Gasteiger partial charge in [0.1, 0.15) is 5.82 Å². The standard InChI is InChI=1S/C34H26N4O.Pt/c1-25-12-9-13-26(2)34(25)37-23-31(35-24-37)27-14-10-17-29(22-27)38(28-15-5-3-6-16-28)32-20-11-21-33(36-32)39-30-18-7-4-8-19-30;/h3-18,20-21,23-24H,1-2H3;/q-2;+2. The molecule has 40 heavy (non-hydrogen) atoms. The molecule has 0 fully saturated rings. The summed E-state index contributed by atoms with van der Waals surface area (Å²) in [6.45, 7) is 4.24. The summed E-state index contributed by atoms with van der Waals surface area (Å²) >= 11 is 0. The molecule has 0 N–H and O–H groups in total. The van der Waals surface area contributed by atoms with Gasteiger partial charge in [0.2, 0.25) is 5.88 Å². The number of nitrogens with zero attached hydrogens (tertiary/aromatic N) is 4. The van der Waals surface area contributed by atoms with Gasteiger partial charge in [-0.2, -0.15) is 23.2 Å². The van der Waals surface area contributed by atoms with Gasteiger partial charge in [-0.25, -0.2) is 0 Å². The summed E-state index contributed by atoms with van der Waals surface area (Å²) in [4.78, 5) is 11.6. The fraction of sp³-hybridized carbons (Fsp3) is 0.0588. The number of rotatable bonds is 7. The first-order chi connectivity index (χ1) is 19.2. The Bertz CT molecular complexity index is 1700. The first-order valence-electron chi connectivity index (χ1n) is 12.8. The number of hydrogen-bond acceptors (Lipinski definition) is 4. The van der Waals surface area contributed by atoms with Crippen molar-refractivity contribution < 1.29 is 25.8 Å². The smallest absolute Gasteiger partial charge is 0.466 e. The van der Waals surface area contributed by atoms with Gasteiger partial charge < -0.3 is 14.2 Å². The largest absolute Gasteiger partial charge is 2.00 e. The van der Waals surface area contributed by atoms with Crippen LogP contribution in [-0.2, 0) is 21.1 Å². The molecule has 0 aliphatic rings. The van der Waals surface area contributed by atoms with E-state index in [2.05, 4.69) is 72.0 Å². The minimum atomic E-state index is 0. The van der Waals surface area contributed by atoms with Crippen LogP contribution in [0.2, 0.25) is 0 Å². The van der Waals surface area contributed by atoms with Crippen molar-refractivity contribution in [2.24, 2.45) is 0 Å². The van der Waals surface area contributed by atoms with Crippen molar-refractivity contribution in [1.29, 1.82) is 0 Å². The number of aromatic nitrogens is 3. The van der Waals surface area contributed by atoms with E-state index in [1.165, 1.54) is 11.1 Å². The Hall–Kier alpha value is -4.47. The summed E-state index contributed by atoms with van der Waals surface area (Å²) < 4.78 is 8.06. The Kier molecular flexibility index (Phi) is 8.23. The first kappa shape index (κ1) is 27.1. The number of benzene rings is 4. The van der Waals surface area contributed by atoms with E-state index in [9.17, 15) is 0 Å². The van der Waals surface area contributed by atoms with Crippen molar-refractivity contribution >= 4 is 17.2 Å². The molecule has 0 atom stereocenters. The molecule has 2 aromatic heterocycles. The number of hydrogen-bond donors (Lipinski definition) is 0. The van der Waals surface area contributed by atoms with Crippen LogP contribution in [0, 0.1) is 26.0 Å². The van der Waals surface area contributed by atoms with Gasteiger partial charge in [0.15, 0.2) is 0 Å². The van der Waals surface area contributed by atoms with Gasteiger partial charge in [0.25, 0.3) is 0 Å². The van der Waals surface area contributed by atoms with Crippen molar-refractivity contribution in [1.82, 2.24) is 14.5 Å². The van der Waals surface area contributed by atoms with Crippen LogP contribution in [0.5, 0.6) is 11.6 Å². The van der Waals surface area contributed by atoms with Gasteiger partial charge in [-0.15, -0.1) is 42.0 Å². The molecule has 0 aliphatic heterocycles. The molecule has 0 unspecified atom stereocenters. The predicted octanol–water partition coefficient (Wildman–Crippen LogP) is 8.41. The molecule has 0 saturated heterocycles. The number of anilines is 3. The van der Waals surface area contributed by atoms with Gasteiger partial charge >= 0.3 is 21.1 Å². The number of para-hydroxylation sites is 3. The van der Waals surface area contributed by atoms with Crippen molar-refractivity contribution in [2.45, 2.75) is 13.8 Å². The van der Waals surface area contributed by atoms with Gasteiger partial charge in [-0.05, 0) is 55.1 Å². The van der Waals surface area contributed by atoms with Crippen LogP contribution < -0.4 is 9.64 Å². The molecule has 0 aliphatic carbocycles. The zero-order valence-electron chi connectivity index (χ0n) is 22.1. The molecule has 6 heteroatoms. The minimum Gasteiger partial charge on any atom is -0.466 e. The van der Waals surface area contributed by atoms with Crippen LogP contribution in [0.4, 0.5) is 17.2 Å². The zero-order chi connectivity index (χ0) is 26.6. The minimum absolute atomic E-state index is 0. The molecular formula is C34H26N4OPt. The van der Waals surface area contributed by atoms with Crippen LogP contribution in [0.15, 0.2) is 122 Å². The summed E-state index contributed by atoms with van der Waals surface area (Å²) in [5.74, 6) is 1.81. The fourth-order valence-corrected chi connectivity index (χ4v) is 4.64. The van der Waals surface area contributed by atoms with Crippen molar-refractivity contribution in [3.63, 3.8) is 0 Å². The number of imidazole rings is 1. The Morgan fingerprint density at radius 1 is 0.775 bits per heavy atom. The summed E-state index contributed by atoms with van der Waals surface area (Å²) in [6, 6.07) is 42.4. The Labute approximate surface area is 249 Å². The maximum Gasteiger partial charge on any atom is 2.00 e. The molecule has 4 aromatic carbocycles. The molecule has 0 bridgehead atoms. The van der Waals surface area contributed by atoms with Crippen molar-refractivity contribution in [3.8, 4) is 28.6 Å². The molecule has 0 saturated carbocycles. The van der Waals surface area contributed by atoms with Gasteiger partial charge in [-0.3, -0.25) is 4.98 Å². The third-order valence-corrected chi connectivity index (χ3v) is 6.42. The number of pyridine rings is 1. The average molecular weight is 702 g/mol. The van der Waals surface area contributed by atoms with E-state index in [4.69, 9.17) is 14.7 Å². The van der Waals surface area contributed by atoms with E-state index in [-0.39, 0.29) is 21.1 Å². The van der Waals surface area contributed by atoms with E-state index in [0.717, 1.165) is 28.3 Å². The predicted molar refractivity (Wildman–Crippen MR) is 155 cm³/mol. The second-order valence-electron chi connectivity index (χ2n) is 9.19.